The molecule has 20 heavy (non-hydrogen) atoms. The fraction of sp³-hybridized carbons (Fsp3) is 0.0714. The van der Waals surface area contributed by atoms with Crippen molar-refractivity contribution in [1.82, 2.24) is 9.55 Å². The third-order valence-corrected chi connectivity index (χ3v) is 4.88. The summed E-state index contributed by atoms with van der Waals surface area (Å²) in [6.07, 6.45) is 0. The van der Waals surface area contributed by atoms with E-state index in [9.17, 15) is 4.39 Å². The number of benzene rings is 2. The number of hydrogen-bond donors (Lipinski definition) is 1. The molecule has 1 aromatic heterocycles. The van der Waals surface area contributed by atoms with Crippen LogP contribution in [0.4, 0.5) is 4.39 Å². The Bertz CT molecular complexity index is 883. The fourth-order valence-electron chi connectivity index (χ4n) is 2.08. The average Bonchev–Trinajstić information content (AvgIpc) is 2.69. The van der Waals surface area contributed by atoms with Gasteiger partial charge in [0.15, 0.2) is 4.77 Å². The molecule has 0 saturated heterocycles. The molecule has 6 heteroatoms. The van der Waals surface area contributed by atoms with Gasteiger partial charge in [-0.2, -0.15) is 0 Å². The summed E-state index contributed by atoms with van der Waals surface area (Å²) in [4.78, 5) is 3.09. The van der Waals surface area contributed by atoms with Crippen LogP contribution in [0.2, 0.25) is 0 Å². The molecule has 0 unspecified atom stereocenters. The van der Waals surface area contributed by atoms with Gasteiger partial charge in [0.2, 0.25) is 0 Å². The lowest BCUT2D eigenvalue weighted by Crippen LogP contribution is -1.95. The van der Waals surface area contributed by atoms with E-state index in [-0.39, 0.29) is 5.82 Å². The van der Waals surface area contributed by atoms with Gasteiger partial charge in [-0.3, -0.25) is 4.57 Å². The molecule has 0 aliphatic carbocycles. The number of imidazole rings is 1. The number of fused-ring (bicyclic) bond motifs is 1. The Labute approximate surface area is 136 Å². The van der Waals surface area contributed by atoms with E-state index in [0.29, 0.717) is 14.8 Å². The van der Waals surface area contributed by atoms with Crippen LogP contribution in [0.15, 0.2) is 39.3 Å². The fourth-order valence-corrected chi connectivity index (χ4v) is 3.10. The van der Waals surface area contributed by atoms with Crippen LogP contribution >= 0.6 is 44.1 Å². The summed E-state index contributed by atoms with van der Waals surface area (Å²) in [5, 5.41) is 0. The van der Waals surface area contributed by atoms with E-state index in [4.69, 9.17) is 12.2 Å². The summed E-state index contributed by atoms with van der Waals surface area (Å²) >= 11 is 12.0. The Morgan fingerprint density at radius 1 is 1.15 bits per heavy atom. The second-order valence-corrected chi connectivity index (χ2v) is 6.58. The van der Waals surface area contributed by atoms with E-state index in [1.165, 1.54) is 6.07 Å². The van der Waals surface area contributed by atoms with Crippen molar-refractivity contribution in [2.45, 2.75) is 6.92 Å². The molecular formula is C14H9Br2FN2S. The van der Waals surface area contributed by atoms with Gasteiger partial charge in [-0.05, 0) is 58.8 Å². The first-order valence-electron chi connectivity index (χ1n) is 5.83. The Balaban J connectivity index is 2.35. The molecule has 2 aromatic carbocycles. The van der Waals surface area contributed by atoms with Crippen LogP contribution in [-0.4, -0.2) is 9.55 Å². The molecule has 0 bridgehead atoms. The van der Waals surface area contributed by atoms with Crippen LogP contribution in [0, 0.1) is 17.5 Å². The van der Waals surface area contributed by atoms with E-state index in [1.54, 1.807) is 6.07 Å². The molecule has 0 spiro atoms. The smallest absolute Gasteiger partial charge is 0.182 e. The van der Waals surface area contributed by atoms with Gasteiger partial charge in [0, 0.05) is 16.2 Å². The van der Waals surface area contributed by atoms with Crippen molar-refractivity contribution in [3.8, 4) is 5.69 Å². The van der Waals surface area contributed by atoms with Gasteiger partial charge in [0.1, 0.15) is 5.82 Å². The highest BCUT2D eigenvalue weighted by Crippen LogP contribution is 2.27. The summed E-state index contributed by atoms with van der Waals surface area (Å²) in [7, 11) is 0. The quantitative estimate of drug-likeness (QED) is 0.508. The number of halogens is 3. The summed E-state index contributed by atoms with van der Waals surface area (Å²) in [5.41, 5.74) is 3.53. The van der Waals surface area contributed by atoms with Crippen LogP contribution in [0.3, 0.4) is 0 Å². The molecular weight excluding hydrogens is 407 g/mol. The average molecular weight is 416 g/mol. The zero-order valence-corrected chi connectivity index (χ0v) is 14.4. The first-order valence-corrected chi connectivity index (χ1v) is 7.83. The summed E-state index contributed by atoms with van der Waals surface area (Å²) in [6, 6.07) is 9.09. The first-order chi connectivity index (χ1) is 9.47. The SMILES string of the molecule is Cc1ccc(-n2c(=S)[nH]c3cc(Br)c(F)cc32)cc1Br. The topological polar surface area (TPSA) is 20.7 Å². The molecule has 102 valence electrons. The lowest BCUT2D eigenvalue weighted by molar-refractivity contribution is 0.622. The standard InChI is InChI=1S/C14H9Br2FN2S/c1-7-2-3-8(4-9(7)15)19-13-6-11(17)10(16)5-12(13)18-14(19)20/h2-6H,1H3,(H,18,20). The minimum Gasteiger partial charge on any atom is -0.330 e. The van der Waals surface area contributed by atoms with Crippen molar-refractivity contribution < 1.29 is 4.39 Å². The van der Waals surface area contributed by atoms with Crippen LogP contribution in [-0.2, 0) is 0 Å². The Morgan fingerprint density at radius 3 is 2.60 bits per heavy atom. The van der Waals surface area contributed by atoms with Crippen molar-refractivity contribution in [3.05, 3.63) is 55.4 Å². The zero-order chi connectivity index (χ0) is 14.4. The second kappa shape index (κ2) is 5.09. The molecule has 0 aliphatic heterocycles. The Kier molecular flexibility index (Phi) is 3.56. The van der Waals surface area contributed by atoms with Crippen LogP contribution < -0.4 is 0 Å². The van der Waals surface area contributed by atoms with Crippen molar-refractivity contribution in [1.29, 1.82) is 0 Å². The highest BCUT2D eigenvalue weighted by molar-refractivity contribution is 9.10. The lowest BCUT2D eigenvalue weighted by atomic mass is 10.2. The number of rotatable bonds is 1. The molecule has 3 rings (SSSR count). The summed E-state index contributed by atoms with van der Waals surface area (Å²) in [6.45, 7) is 2.01. The third-order valence-electron chi connectivity index (χ3n) is 3.14. The number of hydrogen-bond acceptors (Lipinski definition) is 1. The molecule has 2 nitrogen and oxygen atoms in total. The van der Waals surface area contributed by atoms with Gasteiger partial charge in [-0.15, -0.1) is 0 Å². The van der Waals surface area contributed by atoms with Gasteiger partial charge in [0.25, 0.3) is 0 Å². The summed E-state index contributed by atoms with van der Waals surface area (Å²) < 4.78 is 17.5. The summed E-state index contributed by atoms with van der Waals surface area (Å²) in [5.74, 6) is -0.313. The molecule has 0 fully saturated rings. The van der Waals surface area contributed by atoms with E-state index in [0.717, 1.165) is 21.2 Å². The van der Waals surface area contributed by atoms with Crippen LogP contribution in [0.1, 0.15) is 5.56 Å². The maximum absolute atomic E-state index is 13.8. The molecule has 1 heterocycles. The number of nitrogens with zero attached hydrogens (tertiary/aromatic N) is 1. The normalized spacial score (nSPS) is 11.2. The number of nitrogens with one attached hydrogen (secondary N) is 1. The molecule has 0 amide bonds. The Morgan fingerprint density at radius 2 is 1.90 bits per heavy atom. The Hall–Kier alpha value is -0.980. The van der Waals surface area contributed by atoms with E-state index in [2.05, 4.69) is 36.8 Å². The van der Waals surface area contributed by atoms with Crippen molar-refractivity contribution >= 4 is 55.1 Å². The predicted molar refractivity (Wildman–Crippen MR) is 88.6 cm³/mol. The maximum Gasteiger partial charge on any atom is 0.182 e. The van der Waals surface area contributed by atoms with Gasteiger partial charge in [-0.25, -0.2) is 4.39 Å². The maximum atomic E-state index is 13.8. The van der Waals surface area contributed by atoms with Gasteiger partial charge in [0.05, 0.1) is 15.5 Å². The van der Waals surface area contributed by atoms with E-state index in [1.807, 2.05) is 29.7 Å². The number of aromatic nitrogens is 2. The van der Waals surface area contributed by atoms with Crippen molar-refractivity contribution in [2.24, 2.45) is 0 Å². The van der Waals surface area contributed by atoms with Gasteiger partial charge < -0.3 is 4.98 Å². The van der Waals surface area contributed by atoms with Gasteiger partial charge >= 0.3 is 0 Å². The van der Waals surface area contributed by atoms with Crippen molar-refractivity contribution in [2.75, 3.05) is 0 Å². The molecule has 0 saturated carbocycles. The highest BCUT2D eigenvalue weighted by Gasteiger charge is 2.11. The van der Waals surface area contributed by atoms with Crippen molar-refractivity contribution in [3.63, 3.8) is 0 Å². The third kappa shape index (κ3) is 2.25. The molecule has 1 N–H and O–H groups in total. The molecule has 3 aromatic rings. The van der Waals surface area contributed by atoms with E-state index >= 15 is 0 Å². The minimum atomic E-state index is -0.313. The molecule has 0 radical (unpaired) electrons. The minimum absolute atomic E-state index is 0.313. The number of aromatic amines is 1. The number of aryl methyl sites for hydroxylation is 1. The lowest BCUT2D eigenvalue weighted by Gasteiger charge is -2.07. The largest absolute Gasteiger partial charge is 0.330 e. The zero-order valence-electron chi connectivity index (χ0n) is 10.4. The first kappa shape index (κ1) is 14.0. The highest BCUT2D eigenvalue weighted by atomic mass is 79.9. The monoisotopic (exact) mass is 414 g/mol. The van der Waals surface area contributed by atoms with Crippen LogP contribution in [0.5, 0.6) is 0 Å². The molecule has 0 aliphatic rings. The predicted octanol–water partition coefficient (Wildman–Crippen LogP) is 5.66. The van der Waals surface area contributed by atoms with E-state index < -0.39 is 0 Å². The molecule has 0 atom stereocenters. The van der Waals surface area contributed by atoms with Gasteiger partial charge in [-0.1, -0.05) is 22.0 Å². The van der Waals surface area contributed by atoms with Crippen LogP contribution in [0.25, 0.3) is 16.7 Å². The second-order valence-electron chi connectivity index (χ2n) is 4.48. The number of H-pyrrole nitrogens is 1.